The van der Waals surface area contributed by atoms with E-state index in [1.165, 1.54) is 0 Å². The number of rotatable bonds is 0. The third-order valence-corrected chi connectivity index (χ3v) is 3.00. The van der Waals surface area contributed by atoms with E-state index in [-0.39, 0.29) is 0 Å². The monoisotopic (exact) mass is 122 g/mol. The van der Waals surface area contributed by atoms with Crippen LogP contribution in [-0.2, 0) is 9.70 Å². The summed E-state index contributed by atoms with van der Waals surface area (Å²) >= 11 is 0. The SMILES string of the molecule is C[Si](C)=S(=O)=O. The summed E-state index contributed by atoms with van der Waals surface area (Å²) in [5, 5.41) is 0. The molecule has 6 heavy (non-hydrogen) atoms. The first kappa shape index (κ1) is 6.04. The van der Waals surface area contributed by atoms with Gasteiger partial charge in [-0.25, -0.2) is 0 Å². The molecule has 0 aromatic carbocycles. The van der Waals surface area contributed by atoms with Gasteiger partial charge < -0.3 is 0 Å². The van der Waals surface area contributed by atoms with Crippen molar-refractivity contribution in [3.63, 3.8) is 0 Å². The molecular formula is C2H6O2SSi. The van der Waals surface area contributed by atoms with E-state index in [1.54, 1.807) is 13.1 Å². The lowest BCUT2D eigenvalue weighted by atomic mass is 11.9. The second-order valence-corrected chi connectivity index (χ2v) is 6.88. The Hall–Kier alpha value is 0.0369. The van der Waals surface area contributed by atoms with Gasteiger partial charge >= 0.3 is 0 Å². The highest BCUT2D eigenvalue weighted by Gasteiger charge is 1.75. The largest absolute Gasteiger partial charge is 0.194 e. The van der Waals surface area contributed by atoms with E-state index in [9.17, 15) is 8.42 Å². The molecule has 0 radical (unpaired) electrons. The minimum absolute atomic E-state index is 1.03. The fourth-order valence-electron chi connectivity index (χ4n) is 0. The molecule has 0 aliphatic carbocycles. The Morgan fingerprint density at radius 2 is 1.50 bits per heavy atom. The minimum Gasteiger partial charge on any atom is -0.194 e. The Kier molecular flexibility index (Phi) is 2.27. The summed E-state index contributed by atoms with van der Waals surface area (Å²) < 4.78 is 19.5. The van der Waals surface area contributed by atoms with E-state index in [1.807, 2.05) is 0 Å². The molecule has 0 fully saturated rings. The van der Waals surface area contributed by atoms with Crippen molar-refractivity contribution in [1.29, 1.82) is 0 Å². The van der Waals surface area contributed by atoms with Crippen molar-refractivity contribution in [2.45, 2.75) is 13.1 Å². The van der Waals surface area contributed by atoms with Crippen LogP contribution in [0.2, 0.25) is 13.1 Å². The highest BCUT2D eigenvalue weighted by Crippen LogP contribution is 1.57. The predicted octanol–water partition coefficient (Wildman–Crippen LogP) is 0.117. The van der Waals surface area contributed by atoms with Crippen LogP contribution in [0.15, 0.2) is 0 Å². The molecule has 0 aliphatic rings. The van der Waals surface area contributed by atoms with E-state index < -0.39 is 17.2 Å². The van der Waals surface area contributed by atoms with Crippen LogP contribution < -0.4 is 0 Å². The molecule has 0 N–H and O–H groups in total. The van der Waals surface area contributed by atoms with E-state index in [0.29, 0.717) is 0 Å². The summed E-state index contributed by atoms with van der Waals surface area (Å²) in [4.78, 5) is 0. The van der Waals surface area contributed by atoms with Gasteiger partial charge in [0.05, 0.1) is 0 Å². The molecule has 0 heterocycles. The molecule has 0 atom stereocenters. The van der Waals surface area contributed by atoms with Crippen molar-refractivity contribution in [1.82, 2.24) is 0 Å². The molecule has 0 aliphatic heterocycles. The third kappa shape index (κ3) is 2.28. The van der Waals surface area contributed by atoms with Gasteiger partial charge in [-0.05, 0) is 13.1 Å². The lowest BCUT2D eigenvalue weighted by molar-refractivity contribution is 0.627. The maximum atomic E-state index is 9.74. The Morgan fingerprint density at radius 3 is 1.50 bits per heavy atom. The molecule has 0 bridgehead atoms. The predicted molar refractivity (Wildman–Crippen MR) is 26.4 cm³/mol. The number of hydrogen-bond acceptors (Lipinski definition) is 2. The van der Waals surface area contributed by atoms with Gasteiger partial charge in [-0.2, -0.15) is 8.42 Å². The van der Waals surface area contributed by atoms with Crippen LogP contribution in [0.5, 0.6) is 0 Å². The van der Waals surface area contributed by atoms with Crippen LogP contribution >= 0.6 is 0 Å². The summed E-state index contributed by atoms with van der Waals surface area (Å²) in [7, 11) is -2.80. The van der Waals surface area contributed by atoms with Crippen molar-refractivity contribution in [2.24, 2.45) is 0 Å². The molecule has 0 unspecified atom stereocenters. The van der Waals surface area contributed by atoms with Gasteiger partial charge in [-0.3, -0.25) is 0 Å². The summed E-state index contributed by atoms with van der Waals surface area (Å²) in [5.41, 5.74) is 0. The van der Waals surface area contributed by atoms with Crippen LogP contribution in [0.3, 0.4) is 0 Å². The van der Waals surface area contributed by atoms with Crippen molar-refractivity contribution in [2.75, 3.05) is 0 Å². The first-order chi connectivity index (χ1) is 2.64. The quantitative estimate of drug-likeness (QED) is 0.428. The fraction of sp³-hybridized carbons (Fsp3) is 1.00. The first-order valence-electron chi connectivity index (χ1n) is 1.54. The van der Waals surface area contributed by atoms with Gasteiger partial charge in [0.2, 0.25) is 0 Å². The lowest BCUT2D eigenvalue weighted by Gasteiger charge is -1.60. The zero-order valence-electron chi connectivity index (χ0n) is 3.72. The van der Waals surface area contributed by atoms with E-state index in [4.69, 9.17) is 0 Å². The molecular weight excluding hydrogens is 116 g/mol. The van der Waals surface area contributed by atoms with E-state index >= 15 is 0 Å². The van der Waals surface area contributed by atoms with Crippen molar-refractivity contribution < 1.29 is 8.42 Å². The molecule has 0 amide bonds. The molecule has 0 spiro atoms. The third-order valence-electron chi connectivity index (χ3n) is 0.333. The smallest absolute Gasteiger partial charge is 0.164 e. The highest BCUT2D eigenvalue weighted by atomic mass is 32.3. The Bertz CT molecular complexity index is 142. The normalized spacial score (nSPS) is 7.67. The summed E-state index contributed by atoms with van der Waals surface area (Å²) in [6, 6.07) is 0. The van der Waals surface area contributed by atoms with Gasteiger partial charge in [0.25, 0.3) is 0 Å². The molecule has 36 valence electrons. The van der Waals surface area contributed by atoms with Crippen LogP contribution in [0.1, 0.15) is 0 Å². The standard InChI is InChI=1S/C2H6O2SSi/c1-6(2)5(3)4/h1-2H3. The van der Waals surface area contributed by atoms with Gasteiger partial charge in [0.1, 0.15) is 0 Å². The van der Waals surface area contributed by atoms with Gasteiger partial charge in [0.15, 0.2) is 17.2 Å². The second-order valence-electron chi connectivity index (χ2n) is 1.14. The van der Waals surface area contributed by atoms with Crippen molar-refractivity contribution >= 4 is 17.2 Å². The number of hydrogen-bond donors (Lipinski definition) is 0. The maximum Gasteiger partial charge on any atom is 0.164 e. The fourth-order valence-corrected chi connectivity index (χ4v) is 0. The lowest BCUT2D eigenvalue weighted by Crippen LogP contribution is -1.81. The molecule has 2 nitrogen and oxygen atoms in total. The topological polar surface area (TPSA) is 34.1 Å². The van der Waals surface area contributed by atoms with Gasteiger partial charge in [0, 0.05) is 0 Å². The Morgan fingerprint density at radius 1 is 1.33 bits per heavy atom. The highest BCUT2D eigenvalue weighted by molar-refractivity contribution is 7.81. The van der Waals surface area contributed by atoms with Crippen molar-refractivity contribution in [3.05, 3.63) is 0 Å². The summed E-state index contributed by atoms with van der Waals surface area (Å²) in [6.07, 6.45) is 0. The van der Waals surface area contributed by atoms with Crippen LogP contribution in [0.25, 0.3) is 0 Å². The molecule has 0 saturated heterocycles. The second kappa shape index (κ2) is 2.25. The van der Waals surface area contributed by atoms with Gasteiger partial charge in [-0.15, -0.1) is 0 Å². The average Bonchev–Trinajstić information content (AvgIpc) is 1.36. The molecule has 4 heteroatoms. The van der Waals surface area contributed by atoms with E-state index in [0.717, 1.165) is 0 Å². The van der Waals surface area contributed by atoms with Crippen LogP contribution in [-0.4, -0.2) is 15.9 Å². The zero-order valence-corrected chi connectivity index (χ0v) is 5.54. The average molecular weight is 122 g/mol. The zero-order chi connectivity index (χ0) is 5.15. The summed E-state index contributed by atoms with van der Waals surface area (Å²) in [5.74, 6) is 0. The minimum atomic E-state index is -1.77. The molecule has 0 rings (SSSR count). The van der Waals surface area contributed by atoms with Crippen LogP contribution in [0, 0.1) is 0 Å². The van der Waals surface area contributed by atoms with E-state index in [2.05, 4.69) is 0 Å². The van der Waals surface area contributed by atoms with Gasteiger partial charge in [-0.1, -0.05) is 0 Å². The first-order valence-corrected chi connectivity index (χ1v) is 5.84. The Labute approximate surface area is 39.5 Å². The van der Waals surface area contributed by atoms with Crippen LogP contribution in [0.4, 0.5) is 0 Å². The Balaban J connectivity index is 4.58. The molecule has 0 aromatic rings. The maximum absolute atomic E-state index is 9.74. The molecule has 0 saturated carbocycles. The molecule has 0 aromatic heterocycles. The summed E-state index contributed by atoms with van der Waals surface area (Å²) in [6.45, 7) is 3.46. The van der Waals surface area contributed by atoms with Crippen molar-refractivity contribution in [3.8, 4) is 0 Å².